The molecular weight excluding hydrogens is 435 g/mol. The predicted molar refractivity (Wildman–Crippen MR) is 108 cm³/mol. The standard InChI is InChI=1S/C21H12Cl2O7/c22-13-4-11-17(6-15(13)24)30-18-7-16(25)14(23)5-12(18)19(11)10-3-8(20(26)27)1-2-9(10)21(28)29/h1-7,15,24-25H,(H,26,27)(H,28,29). The molecule has 2 aliphatic rings. The van der Waals surface area contributed by atoms with Crippen LogP contribution in [0.4, 0.5) is 0 Å². The van der Waals surface area contributed by atoms with Gasteiger partial charge in [0.2, 0.25) is 0 Å². The molecule has 1 heterocycles. The van der Waals surface area contributed by atoms with Gasteiger partial charge in [-0.3, -0.25) is 0 Å². The topological polar surface area (TPSA) is 124 Å². The Bertz CT molecular complexity index is 1220. The number of benzene rings is 2. The minimum Gasteiger partial charge on any atom is -0.506 e. The summed E-state index contributed by atoms with van der Waals surface area (Å²) in [5, 5.41) is 39.2. The van der Waals surface area contributed by atoms with Gasteiger partial charge in [0.25, 0.3) is 0 Å². The van der Waals surface area contributed by atoms with Crippen LogP contribution in [0.5, 0.6) is 11.5 Å². The van der Waals surface area contributed by atoms with Crippen LogP contribution in [-0.4, -0.2) is 38.5 Å². The highest BCUT2D eigenvalue weighted by molar-refractivity contribution is 6.32. The molecule has 0 amide bonds. The molecule has 1 unspecified atom stereocenters. The van der Waals surface area contributed by atoms with Gasteiger partial charge in [0.1, 0.15) is 23.4 Å². The molecule has 0 saturated carbocycles. The number of allylic oxidation sites excluding steroid dienone is 1. The molecule has 2 aromatic rings. The molecule has 4 N–H and O–H groups in total. The van der Waals surface area contributed by atoms with E-state index in [4.69, 9.17) is 27.9 Å². The average Bonchev–Trinajstić information content (AvgIpc) is 2.68. The summed E-state index contributed by atoms with van der Waals surface area (Å²) < 4.78 is 5.78. The molecule has 0 radical (unpaired) electrons. The first-order valence-electron chi connectivity index (χ1n) is 8.50. The number of carboxylic acids is 2. The molecule has 1 aliphatic heterocycles. The number of halogens is 2. The number of carbonyl (C=O) groups is 2. The lowest BCUT2D eigenvalue weighted by Gasteiger charge is -2.29. The van der Waals surface area contributed by atoms with Crippen molar-refractivity contribution in [1.82, 2.24) is 0 Å². The molecule has 0 aromatic heterocycles. The Balaban J connectivity index is 2.13. The molecule has 0 bridgehead atoms. The van der Waals surface area contributed by atoms with Crippen LogP contribution in [0, 0.1) is 0 Å². The van der Waals surface area contributed by atoms with Crippen LogP contribution in [0.15, 0.2) is 58.8 Å². The molecular formula is C21H12Cl2O7. The van der Waals surface area contributed by atoms with Crippen LogP contribution in [0.2, 0.25) is 5.02 Å². The number of aromatic hydroxyl groups is 1. The van der Waals surface area contributed by atoms with Gasteiger partial charge in [-0.05, 0) is 42.0 Å². The van der Waals surface area contributed by atoms with E-state index in [0.717, 1.165) is 0 Å². The van der Waals surface area contributed by atoms with Gasteiger partial charge < -0.3 is 25.2 Å². The van der Waals surface area contributed by atoms with Crippen molar-refractivity contribution in [2.75, 3.05) is 0 Å². The Labute approximate surface area is 179 Å². The van der Waals surface area contributed by atoms with Crippen molar-refractivity contribution in [3.05, 3.63) is 86.1 Å². The Morgan fingerprint density at radius 2 is 1.73 bits per heavy atom. The summed E-state index contributed by atoms with van der Waals surface area (Å²) in [7, 11) is 0. The van der Waals surface area contributed by atoms with E-state index in [1.165, 1.54) is 42.5 Å². The molecule has 1 atom stereocenters. The normalized spacial score (nSPS) is 17.4. The maximum Gasteiger partial charge on any atom is 0.336 e. The van der Waals surface area contributed by atoms with Crippen molar-refractivity contribution < 1.29 is 34.8 Å². The lowest BCUT2D eigenvalue weighted by atomic mass is 9.84. The molecule has 1 aliphatic carbocycles. The van der Waals surface area contributed by atoms with Crippen LogP contribution in [0.3, 0.4) is 0 Å². The smallest absolute Gasteiger partial charge is 0.336 e. The largest absolute Gasteiger partial charge is 0.506 e. The van der Waals surface area contributed by atoms with Crippen LogP contribution < -0.4 is 4.74 Å². The van der Waals surface area contributed by atoms with Crippen LogP contribution in [0.1, 0.15) is 31.8 Å². The highest BCUT2D eigenvalue weighted by atomic mass is 35.5. The van der Waals surface area contributed by atoms with Crippen molar-refractivity contribution in [2.24, 2.45) is 0 Å². The Hall–Kier alpha value is -3.26. The summed E-state index contributed by atoms with van der Waals surface area (Å²) in [6.07, 6.45) is 1.60. The zero-order valence-electron chi connectivity index (χ0n) is 14.9. The summed E-state index contributed by atoms with van der Waals surface area (Å²) in [6, 6.07) is 6.25. The minimum atomic E-state index is -1.27. The number of carboxylic acid groups (broad SMARTS) is 2. The van der Waals surface area contributed by atoms with Crippen molar-refractivity contribution in [2.45, 2.75) is 6.10 Å². The van der Waals surface area contributed by atoms with Crippen molar-refractivity contribution in [1.29, 1.82) is 0 Å². The molecule has 7 nitrogen and oxygen atoms in total. The number of aliphatic hydroxyl groups is 1. The summed E-state index contributed by atoms with van der Waals surface area (Å²) in [6.45, 7) is 0. The minimum absolute atomic E-state index is 0.0138. The van der Waals surface area contributed by atoms with Crippen LogP contribution in [-0.2, 0) is 0 Å². The number of fused-ring (bicyclic) bond motifs is 2. The summed E-state index contributed by atoms with van der Waals surface area (Å²) >= 11 is 12.2. The van der Waals surface area contributed by atoms with Gasteiger partial charge in [0.15, 0.2) is 0 Å². The fraction of sp³-hybridized carbons (Fsp3) is 0.0476. The van der Waals surface area contributed by atoms with Gasteiger partial charge >= 0.3 is 11.9 Å². The molecule has 30 heavy (non-hydrogen) atoms. The van der Waals surface area contributed by atoms with Crippen molar-refractivity contribution >= 4 is 40.7 Å². The summed E-state index contributed by atoms with van der Waals surface area (Å²) in [4.78, 5) is 23.4. The number of rotatable bonds is 3. The second kappa shape index (κ2) is 7.21. The van der Waals surface area contributed by atoms with E-state index in [1.807, 2.05) is 0 Å². The van der Waals surface area contributed by atoms with E-state index in [-0.39, 0.29) is 49.6 Å². The van der Waals surface area contributed by atoms with E-state index in [0.29, 0.717) is 11.1 Å². The zero-order valence-corrected chi connectivity index (χ0v) is 16.4. The molecule has 0 fully saturated rings. The third-order valence-electron chi connectivity index (χ3n) is 4.71. The lowest BCUT2D eigenvalue weighted by Crippen LogP contribution is -2.18. The third kappa shape index (κ3) is 3.23. The first-order valence-corrected chi connectivity index (χ1v) is 9.26. The van der Waals surface area contributed by atoms with Crippen LogP contribution in [0.25, 0.3) is 5.57 Å². The van der Waals surface area contributed by atoms with Gasteiger partial charge in [0.05, 0.1) is 21.2 Å². The highest BCUT2D eigenvalue weighted by Gasteiger charge is 2.32. The number of hydrogen-bond acceptors (Lipinski definition) is 5. The number of phenols is 1. The van der Waals surface area contributed by atoms with Crippen LogP contribution >= 0.6 is 23.2 Å². The fourth-order valence-electron chi connectivity index (χ4n) is 3.34. The quantitative estimate of drug-likeness (QED) is 0.560. The van der Waals surface area contributed by atoms with E-state index < -0.39 is 18.0 Å². The van der Waals surface area contributed by atoms with E-state index in [2.05, 4.69) is 0 Å². The third-order valence-corrected chi connectivity index (χ3v) is 5.35. The first-order chi connectivity index (χ1) is 14.2. The van der Waals surface area contributed by atoms with Gasteiger partial charge in [-0.1, -0.05) is 23.2 Å². The molecule has 2 aromatic carbocycles. The average molecular weight is 447 g/mol. The lowest BCUT2D eigenvalue weighted by molar-refractivity contribution is 0.0681. The second-order valence-corrected chi connectivity index (χ2v) is 7.41. The molecule has 152 valence electrons. The predicted octanol–water partition coefficient (Wildman–Crippen LogP) is 4.02. The van der Waals surface area contributed by atoms with Gasteiger partial charge in [-0.25, -0.2) is 9.59 Å². The van der Waals surface area contributed by atoms with Crippen molar-refractivity contribution in [3.63, 3.8) is 0 Å². The zero-order chi connectivity index (χ0) is 21.7. The number of aromatic carboxylic acids is 2. The maximum atomic E-state index is 11.9. The first kappa shape index (κ1) is 20.0. The summed E-state index contributed by atoms with van der Waals surface area (Å²) in [5.41, 5.74) is 0.755. The van der Waals surface area contributed by atoms with E-state index in [1.54, 1.807) is 0 Å². The van der Waals surface area contributed by atoms with E-state index >= 15 is 0 Å². The maximum absolute atomic E-state index is 11.9. The molecule has 0 spiro atoms. The Morgan fingerprint density at radius 3 is 2.40 bits per heavy atom. The monoisotopic (exact) mass is 446 g/mol. The SMILES string of the molecule is O=C(O)c1ccc(C(=O)O)c(C2=C3C=C(Cl)C(O)C=C3Oc3cc(O)c(Cl)cc32)c1. The Morgan fingerprint density at radius 1 is 1.00 bits per heavy atom. The second-order valence-electron chi connectivity index (χ2n) is 6.57. The number of phenolic OH excluding ortho intramolecular Hbond substituents is 1. The fourth-order valence-corrected chi connectivity index (χ4v) is 3.67. The molecule has 0 saturated heterocycles. The molecule has 4 rings (SSSR count). The number of hydrogen-bond donors (Lipinski definition) is 4. The van der Waals surface area contributed by atoms with Crippen molar-refractivity contribution in [3.8, 4) is 11.5 Å². The molecule has 9 heteroatoms. The highest BCUT2D eigenvalue weighted by Crippen LogP contribution is 2.47. The van der Waals surface area contributed by atoms with Gasteiger partial charge in [-0.2, -0.15) is 0 Å². The van der Waals surface area contributed by atoms with Gasteiger partial charge in [0, 0.05) is 22.8 Å². The number of aliphatic hydroxyl groups excluding tert-OH is 1. The van der Waals surface area contributed by atoms with Gasteiger partial charge in [-0.15, -0.1) is 0 Å². The summed E-state index contributed by atoms with van der Waals surface area (Å²) in [5.74, 6) is -2.45. The van der Waals surface area contributed by atoms with E-state index in [9.17, 15) is 30.0 Å². The number of ether oxygens (including phenoxy) is 1. The Kier molecular flexibility index (Phi) is 4.82.